The molecule has 1 aliphatic rings. The van der Waals surface area contributed by atoms with E-state index in [4.69, 9.17) is 4.74 Å². The van der Waals surface area contributed by atoms with E-state index in [1.165, 1.54) is 12.8 Å². The third-order valence-electron chi connectivity index (χ3n) is 3.92. The average molecular weight is 229 g/mol. The van der Waals surface area contributed by atoms with Crippen LogP contribution in [0.4, 0.5) is 0 Å². The molecule has 1 saturated carbocycles. The lowest BCUT2D eigenvalue weighted by atomic mass is 9.92. The number of ether oxygens (including phenoxy) is 1. The Balaban J connectivity index is 2.14. The van der Waals surface area contributed by atoms with E-state index in [-0.39, 0.29) is 6.10 Å². The van der Waals surface area contributed by atoms with Crippen molar-refractivity contribution in [2.75, 3.05) is 13.7 Å². The molecule has 0 aromatic rings. The Morgan fingerprint density at radius 1 is 1.31 bits per heavy atom. The number of aliphatic hydroxyl groups excluding tert-OH is 1. The predicted molar refractivity (Wildman–Crippen MR) is 66.5 cm³/mol. The zero-order valence-corrected chi connectivity index (χ0v) is 10.9. The SMILES string of the molecule is CCC(C)C(O)CNC1CCC(OC)CC1. The Morgan fingerprint density at radius 2 is 1.94 bits per heavy atom. The van der Waals surface area contributed by atoms with Crippen LogP contribution in [0.3, 0.4) is 0 Å². The number of hydrogen-bond donors (Lipinski definition) is 2. The molecule has 0 aromatic heterocycles. The van der Waals surface area contributed by atoms with Crippen LogP contribution in [0.5, 0.6) is 0 Å². The van der Waals surface area contributed by atoms with Crippen LogP contribution in [0.15, 0.2) is 0 Å². The van der Waals surface area contributed by atoms with Crippen molar-refractivity contribution >= 4 is 0 Å². The predicted octanol–water partition coefficient (Wildman–Crippen LogP) is 1.94. The molecule has 0 amide bonds. The molecule has 0 aromatic carbocycles. The van der Waals surface area contributed by atoms with E-state index in [1.54, 1.807) is 7.11 Å². The zero-order chi connectivity index (χ0) is 12.0. The minimum atomic E-state index is -0.204. The first-order valence-corrected chi connectivity index (χ1v) is 6.61. The van der Waals surface area contributed by atoms with E-state index in [9.17, 15) is 5.11 Å². The van der Waals surface area contributed by atoms with E-state index in [0.29, 0.717) is 18.1 Å². The highest BCUT2D eigenvalue weighted by atomic mass is 16.5. The number of methoxy groups -OCH3 is 1. The maximum absolute atomic E-state index is 9.86. The molecule has 2 atom stereocenters. The fraction of sp³-hybridized carbons (Fsp3) is 1.00. The van der Waals surface area contributed by atoms with Crippen molar-refractivity contribution in [3.05, 3.63) is 0 Å². The summed E-state index contributed by atoms with van der Waals surface area (Å²) in [5.74, 6) is 0.391. The molecule has 1 aliphatic carbocycles. The Labute approximate surface area is 99.6 Å². The summed E-state index contributed by atoms with van der Waals surface area (Å²) >= 11 is 0. The van der Waals surface area contributed by atoms with Gasteiger partial charge in [0.1, 0.15) is 0 Å². The summed E-state index contributed by atoms with van der Waals surface area (Å²) in [5, 5.41) is 13.3. The molecule has 0 heterocycles. The van der Waals surface area contributed by atoms with Gasteiger partial charge in [-0.2, -0.15) is 0 Å². The number of nitrogens with one attached hydrogen (secondary N) is 1. The second-order valence-electron chi connectivity index (χ2n) is 5.07. The van der Waals surface area contributed by atoms with Crippen LogP contribution in [0, 0.1) is 5.92 Å². The van der Waals surface area contributed by atoms with Gasteiger partial charge in [0.15, 0.2) is 0 Å². The van der Waals surface area contributed by atoms with Gasteiger partial charge in [-0.1, -0.05) is 20.3 Å². The second kappa shape index (κ2) is 7.25. The van der Waals surface area contributed by atoms with Crippen LogP contribution in [-0.2, 0) is 4.74 Å². The lowest BCUT2D eigenvalue weighted by molar-refractivity contribution is 0.0575. The van der Waals surface area contributed by atoms with Crippen LogP contribution in [-0.4, -0.2) is 37.0 Å². The quantitative estimate of drug-likeness (QED) is 0.731. The Bertz CT molecular complexity index is 179. The monoisotopic (exact) mass is 229 g/mol. The van der Waals surface area contributed by atoms with Crippen LogP contribution >= 0.6 is 0 Å². The van der Waals surface area contributed by atoms with E-state index in [2.05, 4.69) is 19.2 Å². The van der Waals surface area contributed by atoms with Gasteiger partial charge < -0.3 is 15.2 Å². The molecule has 0 bridgehead atoms. The molecular formula is C13H27NO2. The molecule has 96 valence electrons. The largest absolute Gasteiger partial charge is 0.392 e. The lowest BCUT2D eigenvalue weighted by Gasteiger charge is -2.29. The summed E-state index contributed by atoms with van der Waals surface area (Å²) in [5.41, 5.74) is 0. The molecule has 0 radical (unpaired) electrons. The Hall–Kier alpha value is -0.120. The normalized spacial score (nSPS) is 30.0. The van der Waals surface area contributed by atoms with Crippen molar-refractivity contribution in [2.24, 2.45) is 5.92 Å². The van der Waals surface area contributed by atoms with Crippen LogP contribution < -0.4 is 5.32 Å². The summed E-state index contributed by atoms with van der Waals surface area (Å²) < 4.78 is 5.34. The first kappa shape index (κ1) is 13.9. The third kappa shape index (κ3) is 4.40. The zero-order valence-electron chi connectivity index (χ0n) is 10.9. The highest BCUT2D eigenvalue weighted by Crippen LogP contribution is 2.20. The highest BCUT2D eigenvalue weighted by molar-refractivity contribution is 4.79. The summed E-state index contributed by atoms with van der Waals surface area (Å²) in [4.78, 5) is 0. The van der Waals surface area contributed by atoms with Crippen molar-refractivity contribution in [1.82, 2.24) is 5.32 Å². The Morgan fingerprint density at radius 3 is 2.44 bits per heavy atom. The second-order valence-corrected chi connectivity index (χ2v) is 5.07. The molecule has 1 rings (SSSR count). The first-order chi connectivity index (χ1) is 7.67. The van der Waals surface area contributed by atoms with Crippen molar-refractivity contribution < 1.29 is 9.84 Å². The van der Waals surface area contributed by atoms with E-state index < -0.39 is 0 Å². The number of rotatable bonds is 6. The molecule has 3 nitrogen and oxygen atoms in total. The van der Waals surface area contributed by atoms with E-state index in [0.717, 1.165) is 25.8 Å². The molecule has 2 N–H and O–H groups in total. The van der Waals surface area contributed by atoms with Gasteiger partial charge in [-0.25, -0.2) is 0 Å². The van der Waals surface area contributed by atoms with Gasteiger partial charge in [-0.15, -0.1) is 0 Å². The van der Waals surface area contributed by atoms with Crippen molar-refractivity contribution in [2.45, 2.75) is 64.2 Å². The van der Waals surface area contributed by atoms with Crippen LogP contribution in [0.1, 0.15) is 46.0 Å². The van der Waals surface area contributed by atoms with Gasteiger partial charge in [0, 0.05) is 19.7 Å². The molecule has 16 heavy (non-hydrogen) atoms. The molecular weight excluding hydrogens is 202 g/mol. The third-order valence-corrected chi connectivity index (χ3v) is 3.92. The van der Waals surface area contributed by atoms with Gasteiger partial charge >= 0.3 is 0 Å². The lowest BCUT2D eigenvalue weighted by Crippen LogP contribution is -2.40. The smallest absolute Gasteiger partial charge is 0.0690 e. The number of hydrogen-bond acceptors (Lipinski definition) is 3. The topological polar surface area (TPSA) is 41.5 Å². The maximum Gasteiger partial charge on any atom is 0.0690 e. The average Bonchev–Trinajstić information content (AvgIpc) is 2.35. The molecule has 2 unspecified atom stereocenters. The van der Waals surface area contributed by atoms with Crippen molar-refractivity contribution in [3.8, 4) is 0 Å². The minimum absolute atomic E-state index is 0.204. The molecule has 0 saturated heterocycles. The summed E-state index contributed by atoms with van der Waals surface area (Å²) in [6.07, 6.45) is 5.93. The van der Waals surface area contributed by atoms with Crippen molar-refractivity contribution in [1.29, 1.82) is 0 Å². The van der Waals surface area contributed by atoms with Crippen LogP contribution in [0.25, 0.3) is 0 Å². The summed E-state index contributed by atoms with van der Waals surface area (Å²) in [6, 6.07) is 0.574. The standard InChI is InChI=1S/C13H27NO2/c1-4-10(2)13(15)9-14-11-5-7-12(16-3)8-6-11/h10-15H,4-9H2,1-3H3. The van der Waals surface area contributed by atoms with Gasteiger partial charge in [0.25, 0.3) is 0 Å². The molecule has 0 spiro atoms. The fourth-order valence-electron chi connectivity index (χ4n) is 2.26. The van der Waals surface area contributed by atoms with Gasteiger partial charge in [0.2, 0.25) is 0 Å². The Kier molecular flexibility index (Phi) is 6.32. The van der Waals surface area contributed by atoms with E-state index >= 15 is 0 Å². The molecule has 0 aliphatic heterocycles. The summed E-state index contributed by atoms with van der Waals surface area (Å²) in [7, 11) is 1.80. The minimum Gasteiger partial charge on any atom is -0.392 e. The van der Waals surface area contributed by atoms with Gasteiger partial charge in [-0.3, -0.25) is 0 Å². The van der Waals surface area contributed by atoms with Crippen LogP contribution in [0.2, 0.25) is 0 Å². The molecule has 3 heteroatoms. The number of aliphatic hydroxyl groups is 1. The molecule has 1 fully saturated rings. The fourth-order valence-corrected chi connectivity index (χ4v) is 2.26. The summed E-state index contributed by atoms with van der Waals surface area (Å²) in [6.45, 7) is 4.96. The first-order valence-electron chi connectivity index (χ1n) is 6.61. The van der Waals surface area contributed by atoms with E-state index in [1.807, 2.05) is 0 Å². The van der Waals surface area contributed by atoms with Gasteiger partial charge in [-0.05, 0) is 31.6 Å². The highest BCUT2D eigenvalue weighted by Gasteiger charge is 2.21. The van der Waals surface area contributed by atoms with Gasteiger partial charge in [0.05, 0.1) is 12.2 Å². The van der Waals surface area contributed by atoms with Crippen molar-refractivity contribution in [3.63, 3.8) is 0 Å². The maximum atomic E-state index is 9.86.